The Morgan fingerprint density at radius 2 is 1.20 bits per heavy atom. The van der Waals surface area contributed by atoms with Crippen LogP contribution >= 0.6 is 0 Å². The minimum absolute atomic E-state index is 0.0245. The summed E-state index contributed by atoms with van der Waals surface area (Å²) >= 11 is 0. The predicted octanol–water partition coefficient (Wildman–Crippen LogP) is 5.25. The molecule has 5 atom stereocenters. The Labute approximate surface area is 227 Å². The molecule has 1 N–H and O–H groups in total. The van der Waals surface area contributed by atoms with E-state index in [-0.39, 0.29) is 38.0 Å². The lowest BCUT2D eigenvalue weighted by Gasteiger charge is -2.26. The summed E-state index contributed by atoms with van der Waals surface area (Å²) in [6.45, 7) is 3.91. The Bertz CT molecular complexity index is 1170. The van der Waals surface area contributed by atoms with Crippen LogP contribution in [-0.2, 0) is 14.4 Å². The molecule has 0 aliphatic carbocycles. The second-order valence-electron chi connectivity index (χ2n) is 9.82. The molecule has 218 valence electrons. The van der Waals surface area contributed by atoms with Crippen molar-refractivity contribution in [3.8, 4) is 0 Å². The lowest BCUT2D eigenvalue weighted by Crippen LogP contribution is -2.41. The summed E-state index contributed by atoms with van der Waals surface area (Å²) in [6, 6.07) is 17.5. The SMILES string of the molecule is C[C@H](c1ccccc1)N1CCC(C(=O)C(F)(F)F)C1=O.C[C@H](c1ccccc1)N1CCC(C(O)C(F)(F)F)C1=O. The number of nitrogens with zero attached hydrogens (tertiary/aromatic N) is 2. The van der Waals surface area contributed by atoms with E-state index in [2.05, 4.69) is 0 Å². The third-order valence-corrected chi connectivity index (χ3v) is 7.33. The second kappa shape index (κ2) is 12.4. The van der Waals surface area contributed by atoms with Gasteiger partial charge in [-0.05, 0) is 37.8 Å². The molecule has 2 amide bonds. The maximum atomic E-state index is 12.5. The van der Waals surface area contributed by atoms with Crippen molar-refractivity contribution in [2.24, 2.45) is 11.8 Å². The Morgan fingerprint density at radius 3 is 1.62 bits per heavy atom. The zero-order valence-electron chi connectivity index (χ0n) is 21.8. The molecule has 0 bridgehead atoms. The van der Waals surface area contributed by atoms with Crippen LogP contribution in [0.25, 0.3) is 0 Å². The average Bonchev–Trinajstić information content (AvgIpc) is 3.49. The quantitative estimate of drug-likeness (QED) is 0.379. The van der Waals surface area contributed by atoms with Crippen molar-refractivity contribution in [2.45, 2.75) is 57.2 Å². The first-order chi connectivity index (χ1) is 18.6. The van der Waals surface area contributed by atoms with E-state index in [1.165, 1.54) is 9.80 Å². The molecule has 0 aromatic heterocycles. The summed E-state index contributed by atoms with van der Waals surface area (Å²) in [4.78, 5) is 38.0. The number of amides is 2. The molecule has 2 fully saturated rings. The van der Waals surface area contributed by atoms with E-state index in [9.17, 15) is 45.8 Å². The van der Waals surface area contributed by atoms with E-state index in [1.54, 1.807) is 38.1 Å². The van der Waals surface area contributed by atoms with Gasteiger partial charge in [0.25, 0.3) is 0 Å². The van der Waals surface area contributed by atoms with Crippen molar-refractivity contribution in [1.82, 2.24) is 9.80 Å². The lowest BCUT2D eigenvalue weighted by molar-refractivity contribution is -0.218. The molecule has 2 aromatic rings. The molecule has 4 rings (SSSR count). The first-order valence-corrected chi connectivity index (χ1v) is 12.7. The molecule has 2 aliphatic heterocycles. The number of rotatable bonds is 6. The topological polar surface area (TPSA) is 77.9 Å². The summed E-state index contributed by atoms with van der Waals surface area (Å²) in [6.07, 6.45) is -12.3. The van der Waals surface area contributed by atoms with Gasteiger partial charge in [0.2, 0.25) is 17.6 Å². The van der Waals surface area contributed by atoms with Crippen LogP contribution in [0, 0.1) is 11.8 Å². The average molecular weight is 573 g/mol. The maximum Gasteiger partial charge on any atom is 0.450 e. The number of benzene rings is 2. The van der Waals surface area contributed by atoms with Gasteiger partial charge in [0.05, 0.1) is 18.0 Å². The van der Waals surface area contributed by atoms with E-state index in [0.717, 1.165) is 11.1 Å². The number of likely N-dealkylation sites (tertiary alicyclic amines) is 2. The Kier molecular flexibility index (Phi) is 9.65. The molecular formula is C28H30F6N2O4. The number of hydrogen-bond donors (Lipinski definition) is 1. The molecule has 6 nitrogen and oxygen atoms in total. The van der Waals surface area contributed by atoms with Crippen LogP contribution < -0.4 is 0 Å². The van der Waals surface area contributed by atoms with Crippen molar-refractivity contribution in [1.29, 1.82) is 0 Å². The number of carbonyl (C=O) groups excluding carboxylic acids is 3. The minimum atomic E-state index is -4.95. The lowest BCUT2D eigenvalue weighted by atomic mass is 10.0. The van der Waals surface area contributed by atoms with Gasteiger partial charge in [0.1, 0.15) is 5.92 Å². The Hall–Kier alpha value is -3.41. The number of ketones is 1. The highest BCUT2D eigenvalue weighted by Gasteiger charge is 2.51. The molecule has 0 radical (unpaired) electrons. The molecule has 2 heterocycles. The van der Waals surface area contributed by atoms with Crippen LogP contribution in [0.5, 0.6) is 0 Å². The molecule has 12 heteroatoms. The normalized spacial score (nSPS) is 22.0. The van der Waals surface area contributed by atoms with Gasteiger partial charge in [0, 0.05) is 13.1 Å². The molecule has 3 unspecified atom stereocenters. The summed E-state index contributed by atoms with van der Waals surface area (Å²) < 4.78 is 74.7. The number of halogens is 6. The molecule has 0 saturated carbocycles. The van der Waals surface area contributed by atoms with Crippen LogP contribution in [0.4, 0.5) is 26.3 Å². The number of hydrogen-bond acceptors (Lipinski definition) is 4. The van der Waals surface area contributed by atoms with E-state index in [0.29, 0.717) is 0 Å². The molecule has 2 saturated heterocycles. The Balaban J connectivity index is 0.000000220. The third kappa shape index (κ3) is 7.01. The van der Waals surface area contributed by atoms with Gasteiger partial charge in [-0.25, -0.2) is 0 Å². The highest BCUT2D eigenvalue weighted by molar-refractivity contribution is 6.05. The monoisotopic (exact) mass is 572 g/mol. The number of Topliss-reactive ketones (excluding diaryl/α,β-unsaturated/α-hetero) is 1. The van der Waals surface area contributed by atoms with E-state index in [1.807, 2.05) is 36.4 Å². The standard InChI is InChI=1S/C14H16F3NO2.C14H14F3NO2/c2*1-9(10-5-3-2-4-6-10)18-8-7-11(13(18)20)12(19)14(15,16)17/h2-6,9,11-12,19H,7-8H2,1H3;2-6,9,11H,7-8H2,1H3/t9-,11?,12?;9-,11?/m11/s1. The Morgan fingerprint density at radius 1 is 0.775 bits per heavy atom. The molecule has 2 aromatic carbocycles. The highest BCUT2D eigenvalue weighted by Crippen LogP contribution is 2.36. The first-order valence-electron chi connectivity index (χ1n) is 12.7. The van der Waals surface area contributed by atoms with Gasteiger partial charge in [-0.2, -0.15) is 26.3 Å². The van der Waals surface area contributed by atoms with Gasteiger partial charge < -0.3 is 14.9 Å². The minimum Gasteiger partial charge on any atom is -0.383 e. The summed E-state index contributed by atoms with van der Waals surface area (Å²) in [5.41, 5.74) is 1.70. The molecule has 0 spiro atoms. The van der Waals surface area contributed by atoms with E-state index < -0.39 is 47.9 Å². The van der Waals surface area contributed by atoms with Gasteiger partial charge in [0.15, 0.2) is 6.10 Å². The van der Waals surface area contributed by atoms with Crippen molar-refractivity contribution in [3.05, 3.63) is 71.8 Å². The largest absolute Gasteiger partial charge is 0.450 e. The third-order valence-electron chi connectivity index (χ3n) is 7.33. The van der Waals surface area contributed by atoms with Crippen LogP contribution in [0.1, 0.15) is 49.9 Å². The zero-order valence-corrected chi connectivity index (χ0v) is 21.8. The molecule has 2 aliphatic rings. The first kappa shape index (κ1) is 31.1. The van der Waals surface area contributed by atoms with E-state index >= 15 is 0 Å². The van der Waals surface area contributed by atoms with Gasteiger partial charge >= 0.3 is 12.4 Å². The van der Waals surface area contributed by atoms with Crippen LogP contribution in [0.15, 0.2) is 60.7 Å². The maximum absolute atomic E-state index is 12.5. The smallest absolute Gasteiger partial charge is 0.383 e. The van der Waals surface area contributed by atoms with Crippen LogP contribution in [0.2, 0.25) is 0 Å². The second-order valence-corrected chi connectivity index (χ2v) is 9.82. The van der Waals surface area contributed by atoms with E-state index in [4.69, 9.17) is 0 Å². The van der Waals surface area contributed by atoms with Gasteiger partial charge in [-0.15, -0.1) is 0 Å². The molecule has 40 heavy (non-hydrogen) atoms. The number of aliphatic hydroxyl groups excluding tert-OH is 1. The number of carbonyl (C=O) groups is 3. The van der Waals surface area contributed by atoms with Crippen molar-refractivity contribution >= 4 is 17.6 Å². The van der Waals surface area contributed by atoms with Gasteiger partial charge in [-0.3, -0.25) is 14.4 Å². The zero-order chi connectivity index (χ0) is 29.8. The fourth-order valence-electron chi connectivity index (χ4n) is 4.98. The van der Waals surface area contributed by atoms with Crippen LogP contribution in [0.3, 0.4) is 0 Å². The van der Waals surface area contributed by atoms with Crippen molar-refractivity contribution < 1.29 is 45.8 Å². The molecular weight excluding hydrogens is 542 g/mol. The summed E-state index contributed by atoms with van der Waals surface area (Å²) in [7, 11) is 0. The number of aliphatic hydroxyl groups is 1. The fourth-order valence-corrected chi connectivity index (χ4v) is 4.98. The number of alkyl halides is 6. The van der Waals surface area contributed by atoms with Gasteiger partial charge in [-0.1, -0.05) is 60.7 Å². The predicted molar refractivity (Wildman–Crippen MR) is 132 cm³/mol. The van der Waals surface area contributed by atoms with Crippen LogP contribution in [-0.4, -0.2) is 64.1 Å². The highest BCUT2D eigenvalue weighted by atomic mass is 19.4. The summed E-state index contributed by atoms with van der Waals surface area (Å²) in [5.74, 6) is -6.28. The summed E-state index contributed by atoms with van der Waals surface area (Å²) in [5, 5.41) is 9.25. The fraction of sp³-hybridized carbons (Fsp3) is 0.464. The van der Waals surface area contributed by atoms with Crippen molar-refractivity contribution in [2.75, 3.05) is 13.1 Å². The van der Waals surface area contributed by atoms with Crippen molar-refractivity contribution in [3.63, 3.8) is 0 Å².